The van der Waals surface area contributed by atoms with Gasteiger partial charge < -0.3 is 25.7 Å². The van der Waals surface area contributed by atoms with Gasteiger partial charge in [-0.05, 0) is 51.4 Å². The molecule has 6 heteroatoms. The summed E-state index contributed by atoms with van der Waals surface area (Å²) in [6.45, 7) is 4.05. The van der Waals surface area contributed by atoms with Crippen LogP contribution in [0.15, 0.2) is 24.3 Å². The zero-order valence-corrected chi connectivity index (χ0v) is 39.5. The van der Waals surface area contributed by atoms with E-state index in [2.05, 4.69) is 43.5 Å². The average Bonchev–Trinajstić information content (AvgIpc) is 3.24. The van der Waals surface area contributed by atoms with Gasteiger partial charge in [0.15, 0.2) is 0 Å². The lowest BCUT2D eigenvalue weighted by molar-refractivity contribution is -0.132. The van der Waals surface area contributed by atoms with Gasteiger partial charge >= 0.3 is 0 Å². The normalized spacial score (nSPS) is 14.1. The van der Waals surface area contributed by atoms with Crippen LogP contribution in [0.4, 0.5) is 0 Å². The van der Waals surface area contributed by atoms with Crippen molar-refractivity contribution in [2.45, 2.75) is 301 Å². The van der Waals surface area contributed by atoms with Gasteiger partial charge in [-0.2, -0.15) is 0 Å². The average molecular weight is 834 g/mol. The van der Waals surface area contributed by atoms with Gasteiger partial charge in [0.25, 0.3) is 0 Å². The minimum absolute atomic E-state index is 0.364. The van der Waals surface area contributed by atoms with Crippen LogP contribution < -0.4 is 5.32 Å². The number of rotatable bonds is 48. The predicted octanol–water partition coefficient (Wildman–Crippen LogP) is 14.7. The Hall–Kier alpha value is -1.21. The number of allylic oxidation sites excluding steroid dienone is 4. The van der Waals surface area contributed by atoms with Gasteiger partial charge in [-0.25, -0.2) is 0 Å². The third-order valence-electron chi connectivity index (χ3n) is 12.4. The van der Waals surface area contributed by atoms with Crippen LogP contribution in [0.5, 0.6) is 0 Å². The highest BCUT2D eigenvalue weighted by atomic mass is 16.3. The van der Waals surface area contributed by atoms with E-state index in [-0.39, 0.29) is 0 Å². The molecule has 0 bridgehead atoms. The highest BCUT2D eigenvalue weighted by Gasteiger charge is 2.28. The predicted molar refractivity (Wildman–Crippen MR) is 256 cm³/mol. The van der Waals surface area contributed by atoms with Crippen molar-refractivity contribution in [3.8, 4) is 0 Å². The zero-order valence-electron chi connectivity index (χ0n) is 39.5. The van der Waals surface area contributed by atoms with E-state index in [9.17, 15) is 25.2 Å². The lowest BCUT2D eigenvalue weighted by Gasteiger charge is -2.27. The van der Waals surface area contributed by atoms with Crippen molar-refractivity contribution in [1.82, 2.24) is 5.32 Å². The van der Waals surface area contributed by atoms with Crippen molar-refractivity contribution in [2.75, 3.05) is 6.61 Å². The number of carbonyl (C=O) groups is 1. The molecular formula is C53H103NO5. The molecule has 0 heterocycles. The molecule has 4 atom stereocenters. The monoisotopic (exact) mass is 834 g/mol. The maximum atomic E-state index is 12.6. The number of nitrogens with one attached hydrogen (secondary N) is 1. The van der Waals surface area contributed by atoms with Gasteiger partial charge in [-0.3, -0.25) is 4.79 Å². The molecule has 0 aromatic heterocycles. The second-order valence-electron chi connectivity index (χ2n) is 18.2. The van der Waals surface area contributed by atoms with Gasteiger partial charge in [0.1, 0.15) is 12.2 Å². The molecule has 5 N–H and O–H groups in total. The van der Waals surface area contributed by atoms with Gasteiger partial charge in [0.05, 0.1) is 18.8 Å². The molecule has 0 spiro atoms. The van der Waals surface area contributed by atoms with Crippen molar-refractivity contribution in [1.29, 1.82) is 0 Å². The molecule has 0 aliphatic heterocycles. The second kappa shape index (κ2) is 47.8. The molecule has 0 aliphatic rings. The third kappa shape index (κ3) is 41.9. The lowest BCUT2D eigenvalue weighted by atomic mass is 10.00. The summed E-state index contributed by atoms with van der Waals surface area (Å²) in [5.41, 5.74) is 0. The molecule has 350 valence electrons. The fraction of sp³-hybridized carbons (Fsp3) is 0.906. The van der Waals surface area contributed by atoms with Crippen LogP contribution >= 0.6 is 0 Å². The van der Waals surface area contributed by atoms with Gasteiger partial charge in [-0.1, -0.05) is 250 Å². The van der Waals surface area contributed by atoms with Crippen LogP contribution in [0.1, 0.15) is 277 Å². The summed E-state index contributed by atoms with van der Waals surface area (Å²) in [4.78, 5) is 12.6. The SMILES string of the molecule is CCCCCCCC/C=C/CC/C=C/CCCC(O)C(O)C(CO)NC(=O)C(O)CCCCCCCCCCCCCCCCCCCCCCCCCCCCCC. The van der Waals surface area contributed by atoms with Crippen molar-refractivity contribution >= 4 is 5.91 Å². The smallest absolute Gasteiger partial charge is 0.249 e. The Bertz CT molecular complexity index is 893. The summed E-state index contributed by atoms with van der Waals surface area (Å²) in [5, 5.41) is 43.8. The van der Waals surface area contributed by atoms with Crippen molar-refractivity contribution < 1.29 is 25.2 Å². The first-order valence-electron chi connectivity index (χ1n) is 26.2. The molecule has 0 radical (unpaired) electrons. The van der Waals surface area contributed by atoms with Crippen LogP contribution in [-0.4, -0.2) is 57.3 Å². The molecule has 0 saturated heterocycles. The lowest BCUT2D eigenvalue weighted by Crippen LogP contribution is -2.53. The molecule has 0 aromatic rings. The number of aliphatic hydroxyl groups excluding tert-OH is 4. The van der Waals surface area contributed by atoms with E-state index in [4.69, 9.17) is 0 Å². The molecule has 0 rings (SSSR count). The molecule has 0 aromatic carbocycles. The first-order chi connectivity index (χ1) is 29.0. The molecule has 6 nitrogen and oxygen atoms in total. The first-order valence-corrected chi connectivity index (χ1v) is 26.2. The number of hydrogen-bond acceptors (Lipinski definition) is 5. The molecule has 0 saturated carbocycles. The minimum atomic E-state index is -1.29. The van der Waals surface area contributed by atoms with E-state index in [0.717, 1.165) is 38.5 Å². The van der Waals surface area contributed by atoms with E-state index in [1.165, 1.54) is 205 Å². The van der Waals surface area contributed by atoms with Crippen LogP contribution in [0.3, 0.4) is 0 Å². The largest absolute Gasteiger partial charge is 0.394 e. The minimum Gasteiger partial charge on any atom is -0.394 e. The van der Waals surface area contributed by atoms with E-state index in [1.54, 1.807) is 0 Å². The molecule has 59 heavy (non-hydrogen) atoms. The van der Waals surface area contributed by atoms with E-state index < -0.39 is 36.9 Å². The highest BCUT2D eigenvalue weighted by Crippen LogP contribution is 2.17. The Morgan fingerprint density at radius 3 is 1.07 bits per heavy atom. The maximum Gasteiger partial charge on any atom is 0.249 e. The first kappa shape index (κ1) is 57.8. The topological polar surface area (TPSA) is 110 Å². The fourth-order valence-corrected chi connectivity index (χ4v) is 8.25. The van der Waals surface area contributed by atoms with Crippen molar-refractivity contribution in [2.24, 2.45) is 0 Å². The van der Waals surface area contributed by atoms with Gasteiger partial charge in [-0.15, -0.1) is 0 Å². The molecule has 0 aliphatic carbocycles. The number of carbonyl (C=O) groups excluding carboxylic acids is 1. The number of amides is 1. The van der Waals surface area contributed by atoms with E-state index in [0.29, 0.717) is 19.3 Å². The molecule has 0 fully saturated rings. The fourth-order valence-electron chi connectivity index (χ4n) is 8.25. The summed E-state index contributed by atoms with van der Waals surface area (Å²) in [5.74, 6) is -0.593. The molecular weight excluding hydrogens is 731 g/mol. The van der Waals surface area contributed by atoms with Crippen LogP contribution in [-0.2, 0) is 4.79 Å². The number of hydrogen-bond donors (Lipinski definition) is 5. The summed E-state index contributed by atoms with van der Waals surface area (Å²) in [6, 6.07) is -1.01. The summed E-state index contributed by atoms with van der Waals surface area (Å²) >= 11 is 0. The van der Waals surface area contributed by atoms with Gasteiger partial charge in [0.2, 0.25) is 5.91 Å². The highest BCUT2D eigenvalue weighted by molar-refractivity contribution is 5.80. The molecule has 1 amide bonds. The van der Waals surface area contributed by atoms with Gasteiger partial charge in [0, 0.05) is 0 Å². The van der Waals surface area contributed by atoms with Crippen molar-refractivity contribution in [3.63, 3.8) is 0 Å². The summed E-state index contributed by atoms with van der Waals surface area (Å²) in [6.07, 6.45) is 56.7. The Morgan fingerprint density at radius 2 is 0.712 bits per heavy atom. The van der Waals surface area contributed by atoms with Crippen LogP contribution in [0.25, 0.3) is 0 Å². The quantitative estimate of drug-likeness (QED) is 0.0310. The van der Waals surface area contributed by atoms with E-state index >= 15 is 0 Å². The summed E-state index contributed by atoms with van der Waals surface area (Å²) in [7, 11) is 0. The Morgan fingerprint density at radius 1 is 0.407 bits per heavy atom. The third-order valence-corrected chi connectivity index (χ3v) is 12.4. The van der Waals surface area contributed by atoms with Crippen LogP contribution in [0.2, 0.25) is 0 Å². The number of unbranched alkanes of at least 4 members (excludes halogenated alkanes) is 35. The molecule has 4 unspecified atom stereocenters. The van der Waals surface area contributed by atoms with Crippen LogP contribution in [0, 0.1) is 0 Å². The zero-order chi connectivity index (χ0) is 43.1. The Balaban J connectivity index is 3.62. The maximum absolute atomic E-state index is 12.6. The second-order valence-corrected chi connectivity index (χ2v) is 18.2. The summed E-state index contributed by atoms with van der Waals surface area (Å²) < 4.78 is 0. The number of aliphatic hydroxyl groups is 4. The van der Waals surface area contributed by atoms with Crippen molar-refractivity contribution in [3.05, 3.63) is 24.3 Å². The van der Waals surface area contributed by atoms with E-state index in [1.807, 2.05) is 0 Å². The Labute approximate surface area is 367 Å². The Kier molecular flexibility index (Phi) is 46.9. The standard InChI is InChI=1S/C53H103NO5/c1-3-5-7-9-11-13-15-17-19-20-21-22-23-24-25-26-27-28-29-30-31-33-35-37-39-41-43-45-47-51(57)53(59)54-49(48-55)52(58)50(56)46-44-42-40-38-36-34-32-18-16-14-12-10-8-6-4-2/h18,32,38,40,49-52,55-58H,3-17,19-31,33-37,39,41-48H2,1-2H3,(H,54,59)/b32-18+,40-38+.